The van der Waals surface area contributed by atoms with Crippen LogP contribution in [0.5, 0.6) is 0 Å². The molecule has 0 aromatic heterocycles. The molecule has 0 aliphatic carbocycles. The van der Waals surface area contributed by atoms with E-state index in [0.29, 0.717) is 11.5 Å². The van der Waals surface area contributed by atoms with Crippen molar-refractivity contribution in [3.63, 3.8) is 0 Å². The van der Waals surface area contributed by atoms with E-state index in [1.807, 2.05) is 32.9 Å². The zero-order valence-corrected chi connectivity index (χ0v) is 11.6. The van der Waals surface area contributed by atoms with Crippen molar-refractivity contribution in [2.45, 2.75) is 20.8 Å². The Bertz CT molecular complexity index is 469. The number of nitrogens with two attached hydrogens (primary N) is 1. The van der Waals surface area contributed by atoms with Gasteiger partial charge in [0.15, 0.2) is 0 Å². The summed E-state index contributed by atoms with van der Waals surface area (Å²) < 4.78 is 0. The van der Waals surface area contributed by atoms with Gasteiger partial charge in [0.05, 0.1) is 11.6 Å². The third-order valence-corrected chi connectivity index (χ3v) is 2.69. The van der Waals surface area contributed by atoms with Gasteiger partial charge >= 0.3 is 0 Å². The number of amides is 1. The standard InChI is InChI=1S/C13H18ClN3O/c1-8(2)13(18)17-11-6-10(5-4-9(11)3)16-12(15)7-14/h4-6,8H,7H2,1-3H3,(H2,15,16)(H,17,18). The first kappa shape index (κ1) is 14.5. The van der Waals surface area contributed by atoms with Crippen LogP contribution in [0.4, 0.5) is 11.4 Å². The molecule has 0 unspecified atom stereocenters. The number of aryl methyl sites for hydroxylation is 1. The van der Waals surface area contributed by atoms with Crippen LogP contribution in [-0.4, -0.2) is 17.6 Å². The molecule has 0 saturated heterocycles. The number of carbonyl (C=O) groups is 1. The number of aliphatic imine (C=N–C) groups is 1. The Hall–Kier alpha value is -1.55. The SMILES string of the molecule is Cc1ccc(N=C(N)CCl)cc1NC(=O)C(C)C. The number of hydrogen-bond donors (Lipinski definition) is 2. The molecule has 1 rings (SSSR count). The Kier molecular flexibility index (Phi) is 5.16. The molecule has 1 aromatic rings. The number of rotatable bonds is 4. The molecular formula is C13H18ClN3O. The Morgan fingerprint density at radius 3 is 2.72 bits per heavy atom. The molecule has 18 heavy (non-hydrogen) atoms. The topological polar surface area (TPSA) is 67.5 Å². The highest BCUT2D eigenvalue weighted by atomic mass is 35.5. The molecule has 1 amide bonds. The molecule has 0 saturated carbocycles. The molecule has 0 aliphatic rings. The van der Waals surface area contributed by atoms with Gasteiger partial charge in [-0.2, -0.15) is 0 Å². The third-order valence-electron chi connectivity index (χ3n) is 2.41. The lowest BCUT2D eigenvalue weighted by molar-refractivity contribution is -0.118. The number of benzene rings is 1. The first-order valence-electron chi connectivity index (χ1n) is 5.74. The number of hydrogen-bond acceptors (Lipinski definition) is 2. The minimum atomic E-state index is -0.0653. The second-order valence-corrected chi connectivity index (χ2v) is 4.65. The van der Waals surface area contributed by atoms with Crippen molar-refractivity contribution in [3.8, 4) is 0 Å². The molecule has 4 nitrogen and oxygen atoms in total. The predicted octanol–water partition coefficient (Wildman–Crippen LogP) is 2.82. The average Bonchev–Trinajstić information content (AvgIpc) is 2.33. The number of nitrogens with one attached hydrogen (secondary N) is 1. The average molecular weight is 268 g/mol. The van der Waals surface area contributed by atoms with Crippen molar-refractivity contribution in [2.75, 3.05) is 11.2 Å². The highest BCUT2D eigenvalue weighted by Crippen LogP contribution is 2.23. The van der Waals surface area contributed by atoms with Crippen molar-refractivity contribution in [1.82, 2.24) is 0 Å². The molecule has 0 heterocycles. The van der Waals surface area contributed by atoms with Crippen LogP contribution >= 0.6 is 11.6 Å². The minimum absolute atomic E-state index is 0.0236. The van der Waals surface area contributed by atoms with Gasteiger partial charge in [0.25, 0.3) is 0 Å². The highest BCUT2D eigenvalue weighted by molar-refractivity contribution is 6.28. The van der Waals surface area contributed by atoms with E-state index in [1.165, 1.54) is 0 Å². The molecular weight excluding hydrogens is 250 g/mol. The Morgan fingerprint density at radius 2 is 2.17 bits per heavy atom. The molecule has 5 heteroatoms. The number of carbonyl (C=O) groups excluding carboxylic acids is 1. The van der Waals surface area contributed by atoms with Gasteiger partial charge in [-0.3, -0.25) is 4.79 Å². The number of alkyl halides is 1. The number of halogens is 1. The Balaban J connectivity index is 2.98. The molecule has 0 radical (unpaired) electrons. The van der Waals surface area contributed by atoms with E-state index < -0.39 is 0 Å². The minimum Gasteiger partial charge on any atom is -0.386 e. The van der Waals surface area contributed by atoms with E-state index in [-0.39, 0.29) is 17.7 Å². The second-order valence-electron chi connectivity index (χ2n) is 4.38. The second kappa shape index (κ2) is 6.40. The van der Waals surface area contributed by atoms with Gasteiger partial charge in [-0.15, -0.1) is 11.6 Å². The van der Waals surface area contributed by atoms with E-state index in [4.69, 9.17) is 17.3 Å². The number of nitrogens with zero attached hydrogens (tertiary/aromatic N) is 1. The van der Waals surface area contributed by atoms with Crippen molar-refractivity contribution < 1.29 is 4.79 Å². The Labute approximate surface area is 112 Å². The Morgan fingerprint density at radius 1 is 1.50 bits per heavy atom. The van der Waals surface area contributed by atoms with E-state index >= 15 is 0 Å². The maximum atomic E-state index is 11.7. The third kappa shape index (κ3) is 4.04. The fraction of sp³-hybridized carbons (Fsp3) is 0.385. The fourth-order valence-corrected chi connectivity index (χ4v) is 1.35. The van der Waals surface area contributed by atoms with Crippen LogP contribution in [0.3, 0.4) is 0 Å². The van der Waals surface area contributed by atoms with Crippen molar-refractivity contribution in [2.24, 2.45) is 16.6 Å². The maximum Gasteiger partial charge on any atom is 0.226 e. The van der Waals surface area contributed by atoms with Crippen LogP contribution in [-0.2, 0) is 4.79 Å². The van der Waals surface area contributed by atoms with Crippen molar-refractivity contribution >= 4 is 34.7 Å². The zero-order chi connectivity index (χ0) is 13.7. The monoisotopic (exact) mass is 267 g/mol. The fourth-order valence-electron chi connectivity index (χ4n) is 1.29. The molecule has 1 aromatic carbocycles. The van der Waals surface area contributed by atoms with E-state index in [2.05, 4.69) is 10.3 Å². The largest absolute Gasteiger partial charge is 0.386 e. The predicted molar refractivity (Wildman–Crippen MR) is 76.6 cm³/mol. The summed E-state index contributed by atoms with van der Waals surface area (Å²) in [6.07, 6.45) is 0. The molecule has 0 spiro atoms. The van der Waals surface area contributed by atoms with Crippen molar-refractivity contribution in [3.05, 3.63) is 23.8 Å². The quantitative estimate of drug-likeness (QED) is 0.500. The first-order chi connectivity index (χ1) is 8.43. The van der Waals surface area contributed by atoms with Crippen LogP contribution in [0.15, 0.2) is 23.2 Å². The first-order valence-corrected chi connectivity index (χ1v) is 6.28. The number of amidine groups is 1. The van der Waals surface area contributed by atoms with Gasteiger partial charge in [0, 0.05) is 11.6 Å². The summed E-state index contributed by atoms with van der Waals surface area (Å²) in [6, 6.07) is 5.51. The summed E-state index contributed by atoms with van der Waals surface area (Å²) in [5, 5.41) is 2.86. The maximum absolute atomic E-state index is 11.7. The normalized spacial score (nSPS) is 11.7. The van der Waals surface area contributed by atoms with Crippen LogP contribution in [0.1, 0.15) is 19.4 Å². The van der Waals surface area contributed by atoms with Gasteiger partial charge in [0.1, 0.15) is 5.84 Å². The van der Waals surface area contributed by atoms with E-state index in [1.54, 1.807) is 6.07 Å². The molecule has 0 aliphatic heterocycles. The summed E-state index contributed by atoms with van der Waals surface area (Å²) in [7, 11) is 0. The van der Waals surface area contributed by atoms with Gasteiger partial charge < -0.3 is 11.1 Å². The highest BCUT2D eigenvalue weighted by Gasteiger charge is 2.09. The van der Waals surface area contributed by atoms with Crippen LogP contribution < -0.4 is 11.1 Å². The number of anilines is 1. The van der Waals surface area contributed by atoms with Gasteiger partial charge in [-0.1, -0.05) is 19.9 Å². The summed E-state index contributed by atoms with van der Waals surface area (Å²) in [4.78, 5) is 15.8. The lowest BCUT2D eigenvalue weighted by Gasteiger charge is -2.11. The molecule has 98 valence electrons. The molecule has 3 N–H and O–H groups in total. The van der Waals surface area contributed by atoms with E-state index in [9.17, 15) is 4.79 Å². The summed E-state index contributed by atoms with van der Waals surface area (Å²) in [6.45, 7) is 5.62. The smallest absolute Gasteiger partial charge is 0.226 e. The molecule has 0 atom stereocenters. The zero-order valence-electron chi connectivity index (χ0n) is 10.8. The van der Waals surface area contributed by atoms with Gasteiger partial charge in [-0.05, 0) is 24.6 Å². The van der Waals surface area contributed by atoms with Crippen molar-refractivity contribution in [1.29, 1.82) is 0 Å². The van der Waals surface area contributed by atoms with Gasteiger partial charge in [0.2, 0.25) is 5.91 Å². The molecule has 0 fully saturated rings. The lowest BCUT2D eigenvalue weighted by atomic mass is 10.1. The van der Waals surface area contributed by atoms with E-state index in [0.717, 1.165) is 11.3 Å². The molecule has 0 bridgehead atoms. The summed E-state index contributed by atoms with van der Waals surface area (Å²) in [5.41, 5.74) is 7.98. The lowest BCUT2D eigenvalue weighted by Crippen LogP contribution is -2.18. The van der Waals surface area contributed by atoms with Crippen LogP contribution in [0.2, 0.25) is 0 Å². The summed E-state index contributed by atoms with van der Waals surface area (Å²) in [5.74, 6) is 0.442. The van der Waals surface area contributed by atoms with Crippen LogP contribution in [0.25, 0.3) is 0 Å². The van der Waals surface area contributed by atoms with Crippen LogP contribution in [0, 0.1) is 12.8 Å². The summed E-state index contributed by atoms with van der Waals surface area (Å²) >= 11 is 5.57. The van der Waals surface area contributed by atoms with Gasteiger partial charge in [-0.25, -0.2) is 4.99 Å².